The molecular weight excluding hydrogens is 374 g/mol. The maximum Gasteiger partial charge on any atom is 0.227 e. The Hall–Kier alpha value is -1.71. The minimum absolute atomic E-state index is 0.182. The van der Waals surface area contributed by atoms with Gasteiger partial charge < -0.3 is 25.7 Å². The van der Waals surface area contributed by atoms with Gasteiger partial charge in [-0.05, 0) is 37.3 Å². The first kappa shape index (κ1) is 21.5. The zero-order valence-corrected chi connectivity index (χ0v) is 16.8. The third kappa shape index (κ3) is 4.20. The summed E-state index contributed by atoms with van der Waals surface area (Å²) in [7, 11) is 28.3. The number of aryl methyl sites for hydroxylation is 2. The lowest BCUT2D eigenvalue weighted by Crippen LogP contribution is -2.50. The molecule has 1 saturated heterocycles. The van der Waals surface area contributed by atoms with Crippen molar-refractivity contribution >= 4 is 62.0 Å². The minimum Gasteiger partial charge on any atom is -0.390 e. The first-order valence-electron chi connectivity index (χ1n) is 9.77. The van der Waals surface area contributed by atoms with E-state index < -0.39 is 22.9 Å². The van der Waals surface area contributed by atoms with E-state index >= 15 is 0 Å². The maximum absolute atomic E-state index is 10.4. The van der Waals surface area contributed by atoms with Crippen molar-refractivity contribution < 1.29 is 10.2 Å². The van der Waals surface area contributed by atoms with Crippen molar-refractivity contribution in [1.82, 2.24) is 19.9 Å². The molecule has 4 N–H and O–H groups in total. The lowest BCUT2D eigenvalue weighted by atomic mass is 9.48. The fourth-order valence-corrected chi connectivity index (χ4v) is 4.16. The molecule has 0 saturated carbocycles. The number of hydrogen-bond acceptors (Lipinski definition) is 8. The molecule has 2 aromatic heterocycles. The van der Waals surface area contributed by atoms with Gasteiger partial charge in [-0.15, -0.1) is 0 Å². The number of hydrogen-bond donors (Lipinski definition) is 4. The van der Waals surface area contributed by atoms with Gasteiger partial charge in [0, 0.05) is 24.3 Å². The number of aliphatic hydroxyl groups is 2. The molecule has 2 aromatic rings. The summed E-state index contributed by atoms with van der Waals surface area (Å²) in [6, 6.07) is -0.476. The summed E-state index contributed by atoms with van der Waals surface area (Å²) in [4.78, 5) is 15.2. The van der Waals surface area contributed by atoms with Gasteiger partial charge in [-0.25, -0.2) is 4.98 Å². The fourth-order valence-electron chi connectivity index (χ4n) is 4.16. The molecule has 0 aromatic carbocycles. The van der Waals surface area contributed by atoms with Crippen LogP contribution in [0.3, 0.4) is 0 Å². The molecule has 0 spiro atoms. The summed E-state index contributed by atoms with van der Waals surface area (Å²) in [6.45, 7) is 2.43. The van der Waals surface area contributed by atoms with Gasteiger partial charge in [-0.1, -0.05) is 5.24 Å². The number of rotatable bonds is 5. The third-order valence-corrected chi connectivity index (χ3v) is 5.62. The molecule has 1 aliphatic carbocycles. The van der Waals surface area contributed by atoms with Gasteiger partial charge in [0.2, 0.25) is 5.95 Å². The van der Waals surface area contributed by atoms with Crippen molar-refractivity contribution in [2.75, 3.05) is 23.7 Å². The second kappa shape index (κ2) is 7.46. The molecule has 3 heterocycles. The third-order valence-electron chi connectivity index (χ3n) is 5.62. The monoisotopic (exact) mass is 394 g/mol. The molecule has 1 aliphatic heterocycles. The standard InChI is InChI=1S/C17H19B5N6O2/c1-7-8-3-2-4-9(8)23-13-12(7)14(27-17(21,22)30)26-15(25-13)24-10-5-28(6-11(10)29)16(18,19)20/h10-11,29-30H,2-6H2,1H3,(H2,23,24,25,26,27). The number of fused-ring (bicyclic) bond motifs is 2. The van der Waals surface area contributed by atoms with Gasteiger partial charge in [-0.2, -0.15) is 9.97 Å². The molecule has 2 atom stereocenters. The Balaban J connectivity index is 1.73. The van der Waals surface area contributed by atoms with E-state index in [1.54, 1.807) is 4.90 Å². The Morgan fingerprint density at radius 1 is 1.07 bits per heavy atom. The van der Waals surface area contributed by atoms with Crippen LogP contribution in [0.15, 0.2) is 0 Å². The topological polar surface area (TPSA) is 106 Å². The van der Waals surface area contributed by atoms with Crippen LogP contribution in [0.4, 0.5) is 11.8 Å². The van der Waals surface area contributed by atoms with Crippen molar-refractivity contribution in [3.05, 3.63) is 16.8 Å². The number of nitrogens with zero attached hydrogens (tertiary/aromatic N) is 4. The van der Waals surface area contributed by atoms with Crippen molar-refractivity contribution in [3.63, 3.8) is 0 Å². The van der Waals surface area contributed by atoms with Crippen LogP contribution in [0.2, 0.25) is 0 Å². The van der Waals surface area contributed by atoms with E-state index in [2.05, 4.69) is 25.6 Å². The van der Waals surface area contributed by atoms with Crippen LogP contribution < -0.4 is 10.6 Å². The number of aliphatic hydroxyl groups excluding tert-OH is 1. The molecule has 2 unspecified atom stereocenters. The van der Waals surface area contributed by atoms with E-state index in [1.807, 2.05) is 6.92 Å². The second-order valence-corrected chi connectivity index (χ2v) is 8.17. The number of anilines is 2. The highest BCUT2D eigenvalue weighted by Gasteiger charge is 2.36. The second-order valence-electron chi connectivity index (χ2n) is 8.17. The Kier molecular flexibility index (Phi) is 5.35. The van der Waals surface area contributed by atoms with Gasteiger partial charge in [0.1, 0.15) is 21.5 Å². The highest BCUT2D eigenvalue weighted by molar-refractivity contribution is 6.59. The number of aromatic nitrogens is 3. The van der Waals surface area contributed by atoms with E-state index in [1.165, 1.54) is 0 Å². The quantitative estimate of drug-likeness (QED) is 0.334. The highest BCUT2D eigenvalue weighted by atomic mass is 16.3. The van der Waals surface area contributed by atoms with Crippen LogP contribution in [0.25, 0.3) is 11.0 Å². The smallest absolute Gasteiger partial charge is 0.227 e. The van der Waals surface area contributed by atoms with Crippen molar-refractivity contribution in [2.24, 2.45) is 0 Å². The Bertz CT molecular complexity index is 980. The van der Waals surface area contributed by atoms with Crippen LogP contribution in [0, 0.1) is 6.92 Å². The molecule has 2 aliphatic rings. The SMILES string of the molecule is [B]C([B])(O)Nc1nc(NC2CN(C([B])([B])[B])CC2O)nc2nc3c(c(C)c12)CCC3. The molecule has 30 heavy (non-hydrogen) atoms. The number of likely N-dealkylation sites (tertiary alicyclic amines) is 1. The molecule has 4 rings (SSSR count). The summed E-state index contributed by atoms with van der Waals surface area (Å²) in [5.41, 5.74) is 1.37. The normalized spacial score (nSPS) is 22.4. The number of β-amino-alcohol motifs (C(OH)–C–C–N with tert-alkyl or cyclic N) is 1. The molecule has 0 amide bonds. The molecule has 10 radical (unpaired) electrons. The predicted molar refractivity (Wildman–Crippen MR) is 119 cm³/mol. The minimum atomic E-state index is -2.19. The summed E-state index contributed by atoms with van der Waals surface area (Å²) in [5, 5.41) is 25.1. The van der Waals surface area contributed by atoms with Gasteiger partial charge in [0.25, 0.3) is 0 Å². The Labute approximate surface area is 182 Å². The summed E-state index contributed by atoms with van der Waals surface area (Å²) >= 11 is 0. The molecule has 144 valence electrons. The predicted octanol–water partition coefficient (Wildman–Crippen LogP) is -2.25. The zero-order valence-electron chi connectivity index (χ0n) is 16.8. The van der Waals surface area contributed by atoms with Crippen LogP contribution in [0.1, 0.15) is 23.2 Å². The number of pyridine rings is 1. The number of nitrogens with one attached hydrogen (secondary N) is 2. The largest absolute Gasteiger partial charge is 0.390 e. The Morgan fingerprint density at radius 2 is 1.80 bits per heavy atom. The highest BCUT2D eigenvalue weighted by Crippen LogP contribution is 2.33. The average molecular weight is 393 g/mol. The first-order valence-corrected chi connectivity index (χ1v) is 9.77. The van der Waals surface area contributed by atoms with E-state index in [0.717, 1.165) is 36.1 Å². The van der Waals surface area contributed by atoms with Crippen LogP contribution >= 0.6 is 0 Å². The summed E-state index contributed by atoms with van der Waals surface area (Å²) < 4.78 is 0. The van der Waals surface area contributed by atoms with E-state index in [9.17, 15) is 10.2 Å². The van der Waals surface area contributed by atoms with Gasteiger partial charge in [-0.3, -0.25) is 0 Å². The van der Waals surface area contributed by atoms with Gasteiger partial charge in [0.05, 0.1) is 41.1 Å². The van der Waals surface area contributed by atoms with Gasteiger partial charge >= 0.3 is 0 Å². The molecule has 1 fully saturated rings. The van der Waals surface area contributed by atoms with Gasteiger partial charge in [0.15, 0.2) is 5.65 Å². The molecule has 13 heteroatoms. The molecule has 0 bridgehead atoms. The average Bonchev–Trinajstić information content (AvgIpc) is 3.20. The van der Waals surface area contributed by atoms with Crippen LogP contribution in [0.5, 0.6) is 0 Å². The van der Waals surface area contributed by atoms with E-state index in [-0.39, 0.29) is 24.9 Å². The summed E-state index contributed by atoms with van der Waals surface area (Å²) in [5.74, 6) is 0.423. The van der Waals surface area contributed by atoms with Crippen molar-refractivity contribution in [1.29, 1.82) is 0 Å². The summed E-state index contributed by atoms with van der Waals surface area (Å²) in [6.07, 6.45) is 2.01. The maximum atomic E-state index is 10.4. The Morgan fingerprint density at radius 3 is 2.43 bits per heavy atom. The van der Waals surface area contributed by atoms with Crippen molar-refractivity contribution in [2.45, 2.75) is 49.1 Å². The lowest BCUT2D eigenvalue weighted by molar-refractivity contribution is 0.169. The van der Waals surface area contributed by atoms with E-state index in [4.69, 9.17) is 39.2 Å². The zero-order chi connectivity index (χ0) is 21.8. The molecular formula is C17H19B5N6O2. The van der Waals surface area contributed by atoms with Crippen molar-refractivity contribution in [3.8, 4) is 0 Å². The van der Waals surface area contributed by atoms with Crippen LogP contribution in [-0.2, 0) is 12.8 Å². The lowest BCUT2D eigenvalue weighted by Gasteiger charge is -2.33. The fraction of sp³-hybridized carbons (Fsp3) is 0.588. The van der Waals surface area contributed by atoms with Crippen LogP contribution in [-0.4, -0.2) is 105 Å². The van der Waals surface area contributed by atoms with E-state index in [0.29, 0.717) is 11.0 Å². The molecule has 8 nitrogen and oxygen atoms in total. The first-order chi connectivity index (χ1) is 13.9.